The zero-order valence-electron chi connectivity index (χ0n) is 25.8. The molecule has 236 valence electrons. The summed E-state index contributed by atoms with van der Waals surface area (Å²) in [6.45, 7) is 9.86. The molecule has 0 amide bonds. The molecular weight excluding hydrogens is 558 g/mol. The van der Waals surface area contributed by atoms with Crippen molar-refractivity contribution in [2.45, 2.75) is 71.9 Å². The first kappa shape index (κ1) is 35.1. The van der Waals surface area contributed by atoms with E-state index in [9.17, 15) is 19.2 Å². The zero-order chi connectivity index (χ0) is 32.0. The fourth-order valence-electron chi connectivity index (χ4n) is 4.00. The molecule has 0 spiro atoms. The maximum atomic E-state index is 12.8. The average Bonchev–Trinajstić information content (AvgIpc) is 2.93. The topological polar surface area (TPSA) is 150 Å². The highest BCUT2D eigenvalue weighted by Gasteiger charge is 2.38. The molecule has 0 saturated carbocycles. The maximum absolute atomic E-state index is 12.8. The molecule has 11 nitrogen and oxygen atoms in total. The number of methoxy groups -OCH3 is 1. The van der Waals surface area contributed by atoms with Crippen molar-refractivity contribution in [3.8, 4) is 11.5 Å². The van der Waals surface area contributed by atoms with E-state index >= 15 is 0 Å². The number of esters is 2. The zero-order valence-corrected chi connectivity index (χ0v) is 25.8. The molecule has 2 N–H and O–H groups in total. The Morgan fingerprint density at radius 2 is 1.35 bits per heavy atom. The second kappa shape index (κ2) is 17.1. The van der Waals surface area contributed by atoms with E-state index in [-0.39, 0.29) is 37.6 Å². The molecule has 11 heteroatoms. The van der Waals surface area contributed by atoms with Gasteiger partial charge in [0.05, 0.1) is 25.9 Å². The van der Waals surface area contributed by atoms with Crippen LogP contribution in [0.15, 0.2) is 48.5 Å². The summed E-state index contributed by atoms with van der Waals surface area (Å²) in [6.07, 6.45) is -1.62. The molecule has 43 heavy (non-hydrogen) atoms. The third-order valence-electron chi connectivity index (χ3n) is 6.31. The molecule has 2 aromatic rings. The van der Waals surface area contributed by atoms with Gasteiger partial charge in [-0.2, -0.15) is 0 Å². The van der Waals surface area contributed by atoms with Crippen LogP contribution in [0.4, 0.5) is 9.59 Å². The predicted octanol–water partition coefficient (Wildman–Crippen LogP) is 5.86. The Balaban J connectivity index is 2.26. The number of hydrogen-bond acceptors (Lipinski definition) is 11. The van der Waals surface area contributed by atoms with Gasteiger partial charge in [0.1, 0.15) is 11.6 Å². The first-order valence-electron chi connectivity index (χ1n) is 14.3. The average molecular weight is 602 g/mol. The van der Waals surface area contributed by atoms with Gasteiger partial charge in [-0.3, -0.25) is 4.79 Å². The number of carbonyl (C=O) groups is 4. The number of rotatable bonds is 15. The summed E-state index contributed by atoms with van der Waals surface area (Å²) < 4.78 is 31.4. The third-order valence-corrected chi connectivity index (χ3v) is 6.31. The second-order valence-electron chi connectivity index (χ2n) is 11.2. The third kappa shape index (κ3) is 12.3. The van der Waals surface area contributed by atoms with Crippen LogP contribution >= 0.6 is 0 Å². The Bertz CT molecular complexity index is 1210. The minimum atomic E-state index is -1.63. The summed E-state index contributed by atoms with van der Waals surface area (Å²) in [5, 5.41) is 0. The summed E-state index contributed by atoms with van der Waals surface area (Å²) in [4.78, 5) is 50.1. The van der Waals surface area contributed by atoms with Gasteiger partial charge in [0, 0.05) is 12.8 Å². The van der Waals surface area contributed by atoms with Crippen LogP contribution in [-0.2, 0) is 30.2 Å². The van der Waals surface area contributed by atoms with E-state index in [2.05, 4.69) is 0 Å². The van der Waals surface area contributed by atoms with Gasteiger partial charge in [0.2, 0.25) is 0 Å². The molecule has 0 aliphatic carbocycles. The van der Waals surface area contributed by atoms with E-state index in [0.717, 1.165) is 0 Å². The normalized spacial score (nSPS) is 13.0. The Kier molecular flexibility index (Phi) is 14.0. The number of benzene rings is 2. The summed E-state index contributed by atoms with van der Waals surface area (Å²) in [5.41, 5.74) is 5.71. The van der Waals surface area contributed by atoms with E-state index in [1.807, 2.05) is 27.7 Å². The fourth-order valence-corrected chi connectivity index (χ4v) is 4.00. The smallest absolute Gasteiger partial charge is 0.468 e. The molecule has 2 rings (SSSR count). The molecule has 0 bridgehead atoms. The first-order chi connectivity index (χ1) is 20.3. The molecule has 0 radical (unpaired) electrons. The lowest BCUT2D eigenvalue weighted by Crippen LogP contribution is -2.53. The molecule has 1 unspecified atom stereocenters. The maximum Gasteiger partial charge on any atom is 0.513 e. The van der Waals surface area contributed by atoms with Crippen LogP contribution < -0.4 is 15.2 Å². The highest BCUT2D eigenvalue weighted by Crippen LogP contribution is 2.32. The molecule has 0 fully saturated rings. The van der Waals surface area contributed by atoms with E-state index in [0.29, 0.717) is 35.8 Å². The minimum absolute atomic E-state index is 0.0773. The largest absolute Gasteiger partial charge is 0.513 e. The Morgan fingerprint density at radius 3 is 1.88 bits per heavy atom. The van der Waals surface area contributed by atoms with Crippen molar-refractivity contribution in [1.29, 1.82) is 0 Å². The van der Waals surface area contributed by atoms with Gasteiger partial charge < -0.3 is 34.2 Å². The molecule has 0 aliphatic rings. The SMILES string of the molecule is COC(=O)[C@](N)(Cc1ccc(OC(=O)OCCC(C)C)c(OC(=O)OCCC(C)C)c1)CC(C)OC(=O)c1ccccc1. The van der Waals surface area contributed by atoms with Crippen LogP contribution in [0.5, 0.6) is 11.5 Å². The summed E-state index contributed by atoms with van der Waals surface area (Å²) >= 11 is 0. The van der Waals surface area contributed by atoms with Gasteiger partial charge in [-0.15, -0.1) is 0 Å². The summed E-state index contributed by atoms with van der Waals surface area (Å²) in [5.74, 6) is -0.898. The number of nitrogens with two attached hydrogens (primary N) is 1. The Hall–Kier alpha value is -4.12. The standard InChI is InChI=1S/C32H43NO10/c1-21(2)14-16-39-30(36)42-26-13-12-24(18-27(26)43-31(37)40-17-15-22(3)4)20-32(33,29(35)38-6)19-23(5)41-28(34)25-10-8-7-9-11-25/h7-13,18,21-23H,14-17,19-20,33H2,1-6H3/t23?,32-/m1/s1. The van der Waals surface area contributed by atoms with Gasteiger partial charge in [0.15, 0.2) is 11.5 Å². The first-order valence-corrected chi connectivity index (χ1v) is 14.3. The van der Waals surface area contributed by atoms with Gasteiger partial charge >= 0.3 is 24.2 Å². The fraction of sp³-hybridized carbons (Fsp3) is 0.500. The van der Waals surface area contributed by atoms with Crippen LogP contribution in [0.25, 0.3) is 0 Å². The lowest BCUT2D eigenvalue weighted by molar-refractivity contribution is -0.148. The second-order valence-corrected chi connectivity index (χ2v) is 11.2. The van der Waals surface area contributed by atoms with Gasteiger partial charge in [0.25, 0.3) is 0 Å². The lowest BCUT2D eigenvalue weighted by atomic mass is 9.86. The quantitative estimate of drug-likeness (QED) is 0.149. The Labute approximate surface area is 252 Å². The van der Waals surface area contributed by atoms with Crippen LogP contribution in [-0.4, -0.2) is 56.2 Å². The summed E-state index contributed by atoms with van der Waals surface area (Å²) in [6, 6.07) is 12.8. The van der Waals surface area contributed by atoms with Crippen molar-refractivity contribution in [3.05, 3.63) is 59.7 Å². The monoisotopic (exact) mass is 601 g/mol. The van der Waals surface area contributed by atoms with Crippen molar-refractivity contribution in [3.63, 3.8) is 0 Å². The molecule has 2 aromatic carbocycles. The van der Waals surface area contributed by atoms with Crippen LogP contribution in [0.1, 0.15) is 69.8 Å². The predicted molar refractivity (Wildman–Crippen MR) is 158 cm³/mol. The molecule has 0 aromatic heterocycles. The van der Waals surface area contributed by atoms with E-state index in [4.69, 9.17) is 34.2 Å². The van der Waals surface area contributed by atoms with Gasteiger partial charge in [-0.25, -0.2) is 14.4 Å². The van der Waals surface area contributed by atoms with Crippen molar-refractivity contribution >= 4 is 24.2 Å². The van der Waals surface area contributed by atoms with Gasteiger partial charge in [-0.1, -0.05) is 52.0 Å². The van der Waals surface area contributed by atoms with Crippen LogP contribution in [0.2, 0.25) is 0 Å². The van der Waals surface area contributed by atoms with Crippen LogP contribution in [0.3, 0.4) is 0 Å². The van der Waals surface area contributed by atoms with Crippen molar-refractivity contribution < 1.29 is 47.6 Å². The lowest BCUT2D eigenvalue weighted by Gasteiger charge is -2.29. The molecular formula is C32H43NO10. The van der Waals surface area contributed by atoms with Crippen LogP contribution in [0, 0.1) is 11.8 Å². The van der Waals surface area contributed by atoms with E-state index < -0.39 is 35.9 Å². The number of ether oxygens (including phenoxy) is 6. The molecule has 0 heterocycles. The van der Waals surface area contributed by atoms with Gasteiger partial charge in [-0.05, 0) is 61.4 Å². The highest BCUT2D eigenvalue weighted by molar-refractivity contribution is 5.89. The van der Waals surface area contributed by atoms with E-state index in [1.165, 1.54) is 19.2 Å². The number of hydrogen-bond donors (Lipinski definition) is 1. The molecule has 0 aliphatic heterocycles. The molecule has 2 atom stereocenters. The van der Waals surface area contributed by atoms with Crippen molar-refractivity contribution in [1.82, 2.24) is 0 Å². The highest BCUT2D eigenvalue weighted by atomic mass is 16.7. The Morgan fingerprint density at radius 1 is 0.791 bits per heavy atom. The van der Waals surface area contributed by atoms with Crippen molar-refractivity contribution in [2.75, 3.05) is 20.3 Å². The summed E-state index contributed by atoms with van der Waals surface area (Å²) in [7, 11) is 1.20. The molecule has 0 saturated heterocycles. The van der Waals surface area contributed by atoms with Crippen molar-refractivity contribution in [2.24, 2.45) is 17.6 Å². The minimum Gasteiger partial charge on any atom is -0.468 e. The number of carbonyl (C=O) groups excluding carboxylic acids is 4. The van der Waals surface area contributed by atoms with E-state index in [1.54, 1.807) is 43.3 Å².